The van der Waals surface area contributed by atoms with Crippen molar-refractivity contribution in [3.63, 3.8) is 0 Å². The summed E-state index contributed by atoms with van der Waals surface area (Å²) in [6.07, 6.45) is 0.504. The third-order valence-corrected chi connectivity index (χ3v) is 4.85. The van der Waals surface area contributed by atoms with E-state index >= 15 is 0 Å². The molecule has 0 bridgehead atoms. The Hall–Kier alpha value is -1.25. The van der Waals surface area contributed by atoms with Crippen molar-refractivity contribution in [1.29, 1.82) is 0 Å². The molecule has 0 amide bonds. The van der Waals surface area contributed by atoms with Crippen LogP contribution in [0.2, 0.25) is 0 Å². The van der Waals surface area contributed by atoms with Gasteiger partial charge < -0.3 is 10.8 Å². The number of aliphatic hydroxyl groups is 1. The standard InChI is InChI=1S/C13H20F2N2O3S/c1-3-8(4-2)12(18)7-17-21(19,20)13-6-11(16)9(14)5-10(13)15/h5-6,8,12,17-18H,3-4,7,16H2,1-2H3. The predicted molar refractivity (Wildman–Crippen MR) is 76.0 cm³/mol. The number of nitrogen functional groups attached to an aromatic ring is 1. The summed E-state index contributed by atoms with van der Waals surface area (Å²) in [6.45, 7) is 3.52. The number of rotatable bonds is 7. The second kappa shape index (κ2) is 7.15. The second-order valence-corrected chi connectivity index (χ2v) is 6.54. The minimum Gasteiger partial charge on any atom is -0.396 e. The molecule has 0 radical (unpaired) electrons. The van der Waals surface area contributed by atoms with Crippen LogP contribution in [0.1, 0.15) is 26.7 Å². The Bertz CT molecular complexity index is 589. The molecule has 4 N–H and O–H groups in total. The van der Waals surface area contributed by atoms with Crippen LogP contribution in [0.15, 0.2) is 17.0 Å². The summed E-state index contributed by atoms with van der Waals surface area (Å²) in [6, 6.07) is 1.14. The minimum atomic E-state index is -4.21. The number of sulfonamides is 1. The van der Waals surface area contributed by atoms with Crippen molar-refractivity contribution in [2.45, 2.75) is 37.7 Å². The molecule has 21 heavy (non-hydrogen) atoms. The molecule has 8 heteroatoms. The minimum absolute atomic E-state index is 0.0594. The molecule has 0 heterocycles. The van der Waals surface area contributed by atoms with E-state index in [-0.39, 0.29) is 12.5 Å². The Morgan fingerprint density at radius 1 is 1.24 bits per heavy atom. The fourth-order valence-electron chi connectivity index (χ4n) is 2.02. The Balaban J connectivity index is 2.90. The number of benzene rings is 1. The van der Waals surface area contributed by atoms with Crippen molar-refractivity contribution in [1.82, 2.24) is 4.72 Å². The van der Waals surface area contributed by atoms with Gasteiger partial charge in [-0.3, -0.25) is 0 Å². The highest BCUT2D eigenvalue weighted by molar-refractivity contribution is 7.89. The summed E-state index contributed by atoms with van der Waals surface area (Å²) in [5.41, 5.74) is 4.79. The molecule has 1 unspecified atom stereocenters. The highest BCUT2D eigenvalue weighted by Crippen LogP contribution is 2.21. The lowest BCUT2D eigenvalue weighted by atomic mass is 9.97. The van der Waals surface area contributed by atoms with E-state index in [2.05, 4.69) is 4.72 Å². The van der Waals surface area contributed by atoms with Crippen molar-refractivity contribution >= 4 is 15.7 Å². The van der Waals surface area contributed by atoms with Crippen LogP contribution in [0, 0.1) is 17.6 Å². The number of nitrogens with two attached hydrogens (primary N) is 1. The van der Waals surface area contributed by atoms with Gasteiger partial charge in [-0.25, -0.2) is 21.9 Å². The van der Waals surface area contributed by atoms with Crippen LogP contribution in [0.4, 0.5) is 14.5 Å². The SMILES string of the molecule is CCC(CC)C(O)CNS(=O)(=O)c1cc(N)c(F)cc1F. The van der Waals surface area contributed by atoms with Gasteiger partial charge in [-0.15, -0.1) is 0 Å². The average Bonchev–Trinajstić information content (AvgIpc) is 2.42. The van der Waals surface area contributed by atoms with Crippen molar-refractivity contribution < 1.29 is 22.3 Å². The zero-order chi connectivity index (χ0) is 16.2. The lowest BCUT2D eigenvalue weighted by Gasteiger charge is -2.20. The topological polar surface area (TPSA) is 92.4 Å². The molecule has 0 saturated carbocycles. The summed E-state index contributed by atoms with van der Waals surface area (Å²) in [4.78, 5) is -0.738. The lowest BCUT2D eigenvalue weighted by molar-refractivity contribution is 0.107. The van der Waals surface area contributed by atoms with Gasteiger partial charge in [-0.2, -0.15) is 0 Å². The van der Waals surface area contributed by atoms with Gasteiger partial charge >= 0.3 is 0 Å². The van der Waals surface area contributed by atoms with E-state index in [1.165, 1.54) is 0 Å². The quantitative estimate of drug-likeness (QED) is 0.665. The van der Waals surface area contributed by atoms with Crippen LogP contribution in [0.5, 0.6) is 0 Å². The van der Waals surface area contributed by atoms with Crippen LogP contribution < -0.4 is 10.5 Å². The second-order valence-electron chi connectivity index (χ2n) is 4.80. The fourth-order valence-corrected chi connectivity index (χ4v) is 3.17. The summed E-state index contributed by atoms with van der Waals surface area (Å²) < 4.78 is 52.7. The van der Waals surface area contributed by atoms with E-state index in [4.69, 9.17) is 5.73 Å². The predicted octanol–water partition coefficient (Wildman–Crippen LogP) is 1.62. The number of anilines is 1. The largest absolute Gasteiger partial charge is 0.396 e. The smallest absolute Gasteiger partial charge is 0.243 e. The first-order chi connectivity index (χ1) is 9.72. The number of aliphatic hydroxyl groups excluding tert-OH is 1. The molecule has 1 aromatic rings. The first-order valence-corrected chi connectivity index (χ1v) is 8.13. The van der Waals surface area contributed by atoms with Crippen LogP contribution in [-0.4, -0.2) is 26.2 Å². The first kappa shape index (κ1) is 17.8. The van der Waals surface area contributed by atoms with Crippen molar-refractivity contribution in [3.8, 4) is 0 Å². The maximum absolute atomic E-state index is 13.6. The molecule has 1 aromatic carbocycles. The van der Waals surface area contributed by atoms with Crippen LogP contribution >= 0.6 is 0 Å². The molecule has 0 aliphatic carbocycles. The normalized spacial score (nSPS) is 13.6. The third kappa shape index (κ3) is 4.36. The van der Waals surface area contributed by atoms with E-state index in [1.54, 1.807) is 0 Å². The average molecular weight is 322 g/mol. The number of nitrogens with one attached hydrogen (secondary N) is 1. The zero-order valence-corrected chi connectivity index (χ0v) is 12.8. The summed E-state index contributed by atoms with van der Waals surface area (Å²) >= 11 is 0. The number of hydrogen-bond donors (Lipinski definition) is 3. The van der Waals surface area contributed by atoms with E-state index in [9.17, 15) is 22.3 Å². The van der Waals surface area contributed by atoms with Crippen LogP contribution in [-0.2, 0) is 10.0 Å². The molecule has 5 nitrogen and oxygen atoms in total. The molecule has 1 rings (SSSR count). The summed E-state index contributed by atoms with van der Waals surface area (Å²) in [5, 5.41) is 9.88. The monoisotopic (exact) mass is 322 g/mol. The van der Waals surface area contributed by atoms with Gasteiger partial charge in [0.15, 0.2) is 0 Å². The van der Waals surface area contributed by atoms with Crippen LogP contribution in [0.25, 0.3) is 0 Å². The van der Waals surface area contributed by atoms with Gasteiger partial charge in [0.05, 0.1) is 11.8 Å². The third-order valence-electron chi connectivity index (χ3n) is 3.42. The Kier molecular flexibility index (Phi) is 6.06. The maximum atomic E-state index is 13.6. The summed E-state index contributed by atoms with van der Waals surface area (Å²) in [5.74, 6) is -2.31. The van der Waals surface area contributed by atoms with Crippen LogP contribution in [0.3, 0.4) is 0 Å². The molecule has 0 saturated heterocycles. The Labute approximate surface area is 123 Å². The van der Waals surface area contributed by atoms with Gasteiger partial charge in [0.1, 0.15) is 16.5 Å². The first-order valence-electron chi connectivity index (χ1n) is 6.65. The van der Waals surface area contributed by atoms with E-state index < -0.39 is 38.3 Å². The highest BCUT2D eigenvalue weighted by atomic mass is 32.2. The van der Waals surface area contributed by atoms with Crippen molar-refractivity contribution in [2.24, 2.45) is 5.92 Å². The van der Waals surface area contributed by atoms with Gasteiger partial charge in [0, 0.05) is 12.6 Å². The van der Waals surface area contributed by atoms with E-state index in [1.807, 2.05) is 13.8 Å². The zero-order valence-electron chi connectivity index (χ0n) is 11.9. The van der Waals surface area contributed by atoms with Gasteiger partial charge in [0.25, 0.3) is 0 Å². The Morgan fingerprint density at radius 2 is 1.81 bits per heavy atom. The van der Waals surface area contributed by atoms with Crippen molar-refractivity contribution in [3.05, 3.63) is 23.8 Å². The molecule has 0 aromatic heterocycles. The fraction of sp³-hybridized carbons (Fsp3) is 0.538. The molecule has 1 atom stereocenters. The molecule has 0 aliphatic heterocycles. The number of halogens is 2. The molecular formula is C13H20F2N2O3S. The van der Waals surface area contributed by atoms with E-state index in [0.29, 0.717) is 18.9 Å². The Morgan fingerprint density at radius 3 is 2.33 bits per heavy atom. The lowest BCUT2D eigenvalue weighted by Crippen LogP contribution is -2.36. The van der Waals surface area contributed by atoms with Gasteiger partial charge in [0.2, 0.25) is 10.0 Å². The molecule has 120 valence electrons. The molecular weight excluding hydrogens is 302 g/mol. The molecule has 0 fully saturated rings. The highest BCUT2D eigenvalue weighted by Gasteiger charge is 2.23. The van der Waals surface area contributed by atoms with Gasteiger partial charge in [-0.05, 0) is 12.0 Å². The molecule has 0 aliphatic rings. The maximum Gasteiger partial charge on any atom is 0.243 e. The summed E-state index contributed by atoms with van der Waals surface area (Å²) in [7, 11) is -4.21. The molecule has 0 spiro atoms. The van der Waals surface area contributed by atoms with E-state index in [0.717, 1.165) is 6.07 Å². The number of hydrogen-bond acceptors (Lipinski definition) is 4. The van der Waals surface area contributed by atoms with Gasteiger partial charge in [-0.1, -0.05) is 26.7 Å². The van der Waals surface area contributed by atoms with Crippen molar-refractivity contribution in [2.75, 3.05) is 12.3 Å².